The predicted octanol–water partition coefficient (Wildman–Crippen LogP) is -0.865. The molecule has 0 radical (unpaired) electrons. The van der Waals surface area contributed by atoms with Gasteiger partial charge in [-0.25, -0.2) is 8.42 Å². The molecule has 1 aromatic heterocycles. The molecule has 9 heteroatoms. The maximum Gasteiger partial charge on any atom is 0.260 e. The molecular formula is C10H18N4O4S. The molecule has 1 rings (SSSR count). The Morgan fingerprint density at radius 3 is 2.63 bits per heavy atom. The number of carbonyl (C=O) groups excluding carboxylic acids is 1. The fraction of sp³-hybridized carbons (Fsp3) is 0.600. The van der Waals surface area contributed by atoms with Crippen molar-refractivity contribution in [3.63, 3.8) is 0 Å². The average Bonchev–Trinajstić information content (AvgIpc) is 2.88. The van der Waals surface area contributed by atoms with Crippen molar-refractivity contribution in [2.24, 2.45) is 0 Å². The molecule has 0 aliphatic heterocycles. The minimum absolute atomic E-state index is 0.0461. The Kier molecular flexibility index (Phi) is 5.45. The first-order chi connectivity index (χ1) is 8.89. The van der Waals surface area contributed by atoms with Crippen LogP contribution < -0.4 is 0 Å². The normalized spacial score (nSPS) is 11.8. The predicted molar refractivity (Wildman–Crippen MR) is 67.9 cm³/mol. The van der Waals surface area contributed by atoms with Gasteiger partial charge in [-0.1, -0.05) is 0 Å². The summed E-state index contributed by atoms with van der Waals surface area (Å²) in [6.07, 6.45) is 1.34. The molecule has 1 N–H and O–H groups in total. The topological polar surface area (TPSA) is 95.6 Å². The Balaban J connectivity index is 2.93. The lowest BCUT2D eigenvalue weighted by Gasteiger charge is -2.22. The van der Waals surface area contributed by atoms with Gasteiger partial charge in [-0.05, 0) is 6.07 Å². The zero-order valence-corrected chi connectivity index (χ0v) is 12.0. The van der Waals surface area contributed by atoms with E-state index in [1.165, 1.54) is 24.3 Å². The Labute approximate surface area is 112 Å². The smallest absolute Gasteiger partial charge is 0.260 e. The van der Waals surface area contributed by atoms with Crippen molar-refractivity contribution >= 4 is 15.9 Å². The van der Waals surface area contributed by atoms with Crippen LogP contribution in [-0.2, 0) is 19.6 Å². The summed E-state index contributed by atoms with van der Waals surface area (Å²) >= 11 is 0. The Bertz CT molecular complexity index is 498. The number of carbonyl (C=O) groups is 1. The molecule has 0 aliphatic rings. The maximum absolute atomic E-state index is 12.3. The van der Waals surface area contributed by atoms with Crippen LogP contribution >= 0.6 is 0 Å². The van der Waals surface area contributed by atoms with Crippen molar-refractivity contribution in [1.29, 1.82) is 0 Å². The zero-order valence-electron chi connectivity index (χ0n) is 11.2. The van der Waals surface area contributed by atoms with Crippen molar-refractivity contribution in [2.75, 3.05) is 40.9 Å². The minimum atomic E-state index is -3.77. The van der Waals surface area contributed by atoms with Gasteiger partial charge in [0.05, 0.1) is 19.3 Å². The number of H-pyrrole nitrogens is 1. The lowest BCUT2D eigenvalue weighted by atomic mass is 10.5. The van der Waals surface area contributed by atoms with Gasteiger partial charge in [-0.3, -0.25) is 9.89 Å². The molecule has 0 unspecified atom stereocenters. The van der Waals surface area contributed by atoms with Gasteiger partial charge >= 0.3 is 0 Å². The van der Waals surface area contributed by atoms with E-state index in [1.54, 1.807) is 14.1 Å². The third kappa shape index (κ3) is 4.01. The number of rotatable bonds is 7. The number of aromatic nitrogens is 2. The summed E-state index contributed by atoms with van der Waals surface area (Å²) < 4.78 is 30.5. The van der Waals surface area contributed by atoms with Crippen LogP contribution in [0.25, 0.3) is 0 Å². The van der Waals surface area contributed by atoms with Gasteiger partial charge in [0.1, 0.15) is 0 Å². The zero-order chi connectivity index (χ0) is 14.5. The second-order valence-electron chi connectivity index (χ2n) is 4.04. The van der Waals surface area contributed by atoms with E-state index in [2.05, 4.69) is 10.2 Å². The highest BCUT2D eigenvalue weighted by Gasteiger charge is 2.27. The second kappa shape index (κ2) is 6.64. The number of aromatic amines is 1. The third-order valence-corrected chi connectivity index (χ3v) is 4.22. The van der Waals surface area contributed by atoms with Gasteiger partial charge in [-0.15, -0.1) is 0 Å². The fourth-order valence-electron chi connectivity index (χ4n) is 1.30. The molecule has 0 fully saturated rings. The molecule has 108 valence electrons. The van der Waals surface area contributed by atoms with Crippen LogP contribution in [0.4, 0.5) is 0 Å². The van der Waals surface area contributed by atoms with Crippen molar-refractivity contribution < 1.29 is 17.9 Å². The number of methoxy groups -OCH3 is 1. The maximum atomic E-state index is 12.3. The van der Waals surface area contributed by atoms with E-state index < -0.39 is 10.0 Å². The van der Waals surface area contributed by atoms with E-state index in [4.69, 9.17) is 4.74 Å². The molecule has 0 bridgehead atoms. The van der Waals surface area contributed by atoms with E-state index in [0.29, 0.717) is 0 Å². The molecule has 1 heterocycles. The van der Waals surface area contributed by atoms with Gasteiger partial charge in [0.25, 0.3) is 10.0 Å². The first-order valence-corrected chi connectivity index (χ1v) is 7.02. The number of nitrogens with zero attached hydrogens (tertiary/aromatic N) is 3. The van der Waals surface area contributed by atoms with Crippen LogP contribution in [0.15, 0.2) is 17.3 Å². The van der Waals surface area contributed by atoms with Crippen LogP contribution in [0.3, 0.4) is 0 Å². The molecule has 1 aromatic rings. The van der Waals surface area contributed by atoms with E-state index >= 15 is 0 Å². The molecule has 0 atom stereocenters. The summed E-state index contributed by atoms with van der Waals surface area (Å²) in [4.78, 5) is 13.0. The molecular weight excluding hydrogens is 272 g/mol. The summed E-state index contributed by atoms with van der Waals surface area (Å²) in [5.41, 5.74) is 0. The first kappa shape index (κ1) is 15.6. The lowest BCUT2D eigenvalue weighted by Crippen LogP contribution is -2.41. The summed E-state index contributed by atoms with van der Waals surface area (Å²) in [5, 5.41) is 5.95. The average molecular weight is 290 g/mol. The molecule has 0 saturated carbocycles. The highest BCUT2D eigenvalue weighted by molar-refractivity contribution is 7.89. The largest absolute Gasteiger partial charge is 0.383 e. The summed E-state index contributed by atoms with van der Waals surface area (Å²) in [7, 11) is 0.834. The highest BCUT2D eigenvalue weighted by Crippen LogP contribution is 2.12. The Morgan fingerprint density at radius 1 is 1.47 bits per heavy atom. The molecule has 1 amide bonds. The number of hydrogen-bond donors (Lipinski definition) is 1. The summed E-state index contributed by atoms with van der Waals surface area (Å²) in [5.74, 6) is -0.306. The van der Waals surface area contributed by atoms with Crippen molar-refractivity contribution in [1.82, 2.24) is 19.4 Å². The Hall–Kier alpha value is -1.45. The van der Waals surface area contributed by atoms with Crippen molar-refractivity contribution in [3.8, 4) is 0 Å². The van der Waals surface area contributed by atoms with E-state index in [-0.39, 0.29) is 30.6 Å². The quantitative estimate of drug-likeness (QED) is 0.704. The minimum Gasteiger partial charge on any atom is -0.383 e. The SMILES string of the molecule is COCCN(CC(=O)N(C)C)S(=O)(=O)c1ccn[nH]1. The molecule has 0 saturated heterocycles. The molecule has 8 nitrogen and oxygen atoms in total. The van der Waals surface area contributed by atoms with Crippen LogP contribution in [0, 0.1) is 0 Å². The highest BCUT2D eigenvalue weighted by atomic mass is 32.2. The third-order valence-electron chi connectivity index (χ3n) is 2.45. The van der Waals surface area contributed by atoms with Crippen LogP contribution in [0.2, 0.25) is 0 Å². The van der Waals surface area contributed by atoms with Crippen LogP contribution in [0.5, 0.6) is 0 Å². The summed E-state index contributed by atoms with van der Waals surface area (Å²) in [6, 6.07) is 1.34. The van der Waals surface area contributed by atoms with Crippen LogP contribution in [0.1, 0.15) is 0 Å². The van der Waals surface area contributed by atoms with E-state index in [1.807, 2.05) is 0 Å². The molecule has 0 spiro atoms. The number of nitrogens with one attached hydrogen (secondary N) is 1. The number of likely N-dealkylation sites (N-methyl/N-ethyl adjacent to an activating group) is 1. The van der Waals surface area contributed by atoms with E-state index in [9.17, 15) is 13.2 Å². The van der Waals surface area contributed by atoms with Crippen molar-refractivity contribution in [2.45, 2.75) is 5.03 Å². The molecule has 0 aromatic carbocycles. The standard InChI is InChI=1S/C10H18N4O4S/c1-13(2)10(15)8-14(6-7-18-3)19(16,17)9-4-5-11-12-9/h4-5H,6-8H2,1-3H3,(H,11,12). The second-order valence-corrected chi connectivity index (χ2v) is 5.95. The van der Waals surface area contributed by atoms with Gasteiger partial charge in [0.15, 0.2) is 5.03 Å². The number of ether oxygens (including phenoxy) is 1. The van der Waals surface area contributed by atoms with Crippen molar-refractivity contribution in [3.05, 3.63) is 12.3 Å². The van der Waals surface area contributed by atoms with E-state index in [0.717, 1.165) is 4.31 Å². The van der Waals surface area contributed by atoms with Crippen LogP contribution in [-0.4, -0.2) is 74.6 Å². The number of amides is 1. The first-order valence-electron chi connectivity index (χ1n) is 5.58. The summed E-state index contributed by atoms with van der Waals surface area (Å²) in [6.45, 7) is 0.0588. The van der Waals surface area contributed by atoms with Gasteiger partial charge in [0, 0.05) is 27.7 Å². The fourth-order valence-corrected chi connectivity index (χ4v) is 2.57. The number of hydrogen-bond acceptors (Lipinski definition) is 5. The molecule has 0 aliphatic carbocycles. The van der Waals surface area contributed by atoms with Gasteiger partial charge in [-0.2, -0.15) is 9.40 Å². The monoisotopic (exact) mass is 290 g/mol. The Morgan fingerprint density at radius 2 is 2.16 bits per heavy atom. The molecule has 19 heavy (non-hydrogen) atoms. The number of sulfonamides is 1. The lowest BCUT2D eigenvalue weighted by molar-refractivity contribution is -0.128. The van der Waals surface area contributed by atoms with Gasteiger partial charge < -0.3 is 9.64 Å². The van der Waals surface area contributed by atoms with Gasteiger partial charge in [0.2, 0.25) is 5.91 Å².